The van der Waals surface area contributed by atoms with E-state index < -0.39 is 15.6 Å². The van der Waals surface area contributed by atoms with Crippen LogP contribution >= 0.6 is 0 Å². The van der Waals surface area contributed by atoms with E-state index in [9.17, 15) is 13.2 Å². The lowest BCUT2D eigenvalue weighted by Gasteiger charge is -2.34. The van der Waals surface area contributed by atoms with Crippen LogP contribution in [0.25, 0.3) is 0 Å². The fraction of sp³-hybridized carbons (Fsp3) is 0.381. The summed E-state index contributed by atoms with van der Waals surface area (Å²) in [6, 6.07) is 14.4. The summed E-state index contributed by atoms with van der Waals surface area (Å²) in [5, 5.41) is 2.82. The van der Waals surface area contributed by atoms with Gasteiger partial charge in [0.2, 0.25) is 10.0 Å². The monoisotopic (exact) mass is 415 g/mol. The van der Waals surface area contributed by atoms with Gasteiger partial charge in [-0.3, -0.25) is 0 Å². The van der Waals surface area contributed by atoms with Gasteiger partial charge in [-0.2, -0.15) is 4.31 Å². The molecule has 1 N–H and O–H groups in total. The van der Waals surface area contributed by atoms with Gasteiger partial charge in [-0.15, -0.1) is 0 Å². The minimum Gasteiger partial charge on any atom is -0.497 e. The standard InChI is InChI=1S/C21H25N3O4S/c1-3-22-20(25)23-13-12-21(15-23)18-6-4-5-7-19(18)29(26,27)24(21)14-16-8-10-17(28-2)11-9-16/h4-11H,3,12-15H2,1-2H3,(H,22,25). The second-order valence-electron chi connectivity index (χ2n) is 7.39. The molecule has 2 aromatic carbocycles. The molecule has 2 aliphatic heterocycles. The molecule has 0 bridgehead atoms. The molecule has 1 saturated heterocycles. The lowest BCUT2D eigenvalue weighted by Crippen LogP contribution is -2.47. The lowest BCUT2D eigenvalue weighted by atomic mass is 9.88. The van der Waals surface area contributed by atoms with E-state index in [0.29, 0.717) is 31.0 Å². The Morgan fingerprint density at radius 2 is 1.90 bits per heavy atom. The van der Waals surface area contributed by atoms with E-state index in [1.165, 1.54) is 0 Å². The number of nitrogens with zero attached hydrogens (tertiary/aromatic N) is 2. The second-order valence-corrected chi connectivity index (χ2v) is 9.23. The van der Waals surface area contributed by atoms with Gasteiger partial charge in [0.1, 0.15) is 5.75 Å². The third kappa shape index (κ3) is 3.16. The summed E-state index contributed by atoms with van der Waals surface area (Å²) >= 11 is 0. The number of ether oxygens (including phenoxy) is 1. The van der Waals surface area contributed by atoms with Crippen LogP contribution in [0.4, 0.5) is 4.79 Å². The summed E-state index contributed by atoms with van der Waals surface area (Å²) in [5.74, 6) is 0.722. The number of benzene rings is 2. The van der Waals surface area contributed by atoms with Gasteiger partial charge < -0.3 is 15.0 Å². The first-order valence-electron chi connectivity index (χ1n) is 9.70. The number of nitrogens with one attached hydrogen (secondary N) is 1. The zero-order valence-electron chi connectivity index (χ0n) is 16.6. The van der Waals surface area contributed by atoms with Crippen LogP contribution in [-0.4, -0.2) is 50.4 Å². The van der Waals surface area contributed by atoms with Crippen molar-refractivity contribution in [2.45, 2.75) is 30.3 Å². The third-order valence-corrected chi connectivity index (χ3v) is 7.75. The Balaban J connectivity index is 1.74. The van der Waals surface area contributed by atoms with E-state index in [4.69, 9.17) is 4.74 Å². The highest BCUT2D eigenvalue weighted by Crippen LogP contribution is 2.50. The van der Waals surface area contributed by atoms with Crippen molar-refractivity contribution in [1.82, 2.24) is 14.5 Å². The molecule has 2 heterocycles. The van der Waals surface area contributed by atoms with Crippen molar-refractivity contribution >= 4 is 16.1 Å². The van der Waals surface area contributed by atoms with Crippen LogP contribution in [0.3, 0.4) is 0 Å². The molecule has 2 aromatic rings. The largest absolute Gasteiger partial charge is 0.497 e. The van der Waals surface area contributed by atoms with Gasteiger partial charge in [0, 0.05) is 26.2 Å². The van der Waals surface area contributed by atoms with Crippen LogP contribution in [0, 0.1) is 0 Å². The van der Waals surface area contributed by atoms with E-state index in [1.54, 1.807) is 28.4 Å². The van der Waals surface area contributed by atoms with E-state index >= 15 is 0 Å². The fourth-order valence-corrected chi connectivity index (χ4v) is 6.40. The minimum absolute atomic E-state index is 0.157. The predicted molar refractivity (Wildman–Crippen MR) is 109 cm³/mol. The SMILES string of the molecule is CCNC(=O)N1CCC2(C1)c1ccccc1S(=O)(=O)N2Cc1ccc(OC)cc1. The number of rotatable bonds is 4. The molecule has 8 heteroatoms. The highest BCUT2D eigenvalue weighted by Gasteiger charge is 2.57. The van der Waals surface area contributed by atoms with Gasteiger partial charge in [-0.1, -0.05) is 30.3 Å². The zero-order chi connectivity index (χ0) is 20.6. The smallest absolute Gasteiger partial charge is 0.317 e. The summed E-state index contributed by atoms with van der Waals surface area (Å²) < 4.78 is 33.7. The minimum atomic E-state index is -3.67. The van der Waals surface area contributed by atoms with Crippen molar-refractivity contribution in [3.05, 3.63) is 59.7 Å². The van der Waals surface area contributed by atoms with E-state index in [0.717, 1.165) is 16.9 Å². The maximum absolute atomic E-state index is 13.5. The summed E-state index contributed by atoms with van der Waals surface area (Å²) in [4.78, 5) is 14.5. The summed E-state index contributed by atoms with van der Waals surface area (Å²) in [7, 11) is -2.07. The van der Waals surface area contributed by atoms with Crippen LogP contribution in [0.5, 0.6) is 5.75 Å². The Bertz CT molecular complexity index is 1020. The van der Waals surface area contributed by atoms with E-state index in [-0.39, 0.29) is 12.6 Å². The Morgan fingerprint density at radius 1 is 1.17 bits per heavy atom. The van der Waals surface area contributed by atoms with Crippen molar-refractivity contribution < 1.29 is 17.9 Å². The molecule has 0 saturated carbocycles. The number of likely N-dealkylation sites (tertiary alicyclic amines) is 1. The molecular formula is C21H25N3O4S. The van der Waals surface area contributed by atoms with Crippen molar-refractivity contribution in [1.29, 1.82) is 0 Å². The second kappa shape index (κ2) is 7.35. The highest BCUT2D eigenvalue weighted by molar-refractivity contribution is 7.89. The number of carbonyl (C=O) groups excluding carboxylic acids is 1. The maximum atomic E-state index is 13.5. The molecule has 1 unspecified atom stereocenters. The van der Waals surface area contributed by atoms with Crippen molar-refractivity contribution in [3.8, 4) is 5.75 Å². The number of methoxy groups -OCH3 is 1. The van der Waals surface area contributed by atoms with Crippen LogP contribution in [-0.2, 0) is 22.1 Å². The van der Waals surface area contributed by atoms with Gasteiger partial charge in [-0.25, -0.2) is 13.2 Å². The van der Waals surface area contributed by atoms with Gasteiger partial charge in [-0.05, 0) is 42.7 Å². The maximum Gasteiger partial charge on any atom is 0.317 e. The third-order valence-electron chi connectivity index (χ3n) is 5.78. The van der Waals surface area contributed by atoms with Crippen molar-refractivity contribution in [3.63, 3.8) is 0 Å². The fourth-order valence-electron chi connectivity index (χ4n) is 4.35. The average molecular weight is 416 g/mol. The van der Waals surface area contributed by atoms with E-state index in [2.05, 4.69) is 5.32 Å². The quantitative estimate of drug-likeness (QED) is 0.832. The highest BCUT2D eigenvalue weighted by atomic mass is 32.2. The Morgan fingerprint density at radius 3 is 2.59 bits per heavy atom. The topological polar surface area (TPSA) is 79.0 Å². The Labute approximate surface area is 171 Å². The Kier molecular flexibility index (Phi) is 5.00. The lowest BCUT2D eigenvalue weighted by molar-refractivity contribution is 0.178. The number of urea groups is 1. The molecule has 1 spiro atoms. The number of amides is 2. The molecule has 0 aromatic heterocycles. The van der Waals surface area contributed by atoms with Crippen LogP contribution in [0.2, 0.25) is 0 Å². The number of hydrogen-bond acceptors (Lipinski definition) is 4. The van der Waals surface area contributed by atoms with Crippen molar-refractivity contribution in [2.24, 2.45) is 0 Å². The number of hydrogen-bond donors (Lipinski definition) is 1. The molecule has 4 rings (SSSR count). The van der Waals surface area contributed by atoms with Crippen LogP contribution in [0.1, 0.15) is 24.5 Å². The van der Waals surface area contributed by atoms with Gasteiger partial charge in [0.15, 0.2) is 0 Å². The number of carbonyl (C=O) groups is 1. The van der Waals surface area contributed by atoms with Gasteiger partial charge in [0.25, 0.3) is 0 Å². The summed E-state index contributed by atoms with van der Waals surface area (Å²) in [5.41, 5.74) is 0.902. The van der Waals surface area contributed by atoms with Gasteiger partial charge in [0.05, 0.1) is 17.5 Å². The first-order chi connectivity index (χ1) is 13.9. The zero-order valence-corrected chi connectivity index (χ0v) is 17.4. The molecule has 2 aliphatic rings. The van der Waals surface area contributed by atoms with Crippen molar-refractivity contribution in [2.75, 3.05) is 26.7 Å². The molecule has 29 heavy (non-hydrogen) atoms. The first-order valence-corrected chi connectivity index (χ1v) is 11.1. The number of sulfonamides is 1. The normalized spacial score (nSPS) is 22.6. The summed E-state index contributed by atoms with van der Waals surface area (Å²) in [6.45, 7) is 3.49. The molecule has 0 aliphatic carbocycles. The predicted octanol–water partition coefficient (Wildman–Crippen LogP) is 2.53. The molecule has 154 valence electrons. The molecule has 1 atom stereocenters. The van der Waals surface area contributed by atoms with Crippen LogP contribution in [0.15, 0.2) is 53.4 Å². The van der Waals surface area contributed by atoms with E-state index in [1.807, 2.05) is 43.3 Å². The van der Waals surface area contributed by atoms with Crippen LogP contribution < -0.4 is 10.1 Å². The number of fused-ring (bicyclic) bond motifs is 2. The summed E-state index contributed by atoms with van der Waals surface area (Å²) in [6.07, 6.45) is 0.566. The molecule has 2 amide bonds. The molecule has 1 fully saturated rings. The molecule has 7 nitrogen and oxygen atoms in total. The first kappa shape index (κ1) is 19.7. The Hall–Kier alpha value is -2.58. The van der Waals surface area contributed by atoms with Gasteiger partial charge >= 0.3 is 6.03 Å². The average Bonchev–Trinajstić information content (AvgIpc) is 3.25. The molecule has 0 radical (unpaired) electrons. The molecular weight excluding hydrogens is 390 g/mol.